The maximum absolute atomic E-state index is 11.7. The SMILES string of the molecule is CCCCCCCCCCCCCCOC(=O)CCCCC(=O)OCCC(C)C. The molecule has 0 aliphatic carbocycles. The lowest BCUT2D eigenvalue weighted by Crippen LogP contribution is -2.08. The second-order valence-corrected chi connectivity index (χ2v) is 8.72. The van der Waals surface area contributed by atoms with Gasteiger partial charge in [0, 0.05) is 12.8 Å². The molecule has 0 atom stereocenters. The van der Waals surface area contributed by atoms with Gasteiger partial charge in [0.05, 0.1) is 13.2 Å². The van der Waals surface area contributed by atoms with Crippen LogP contribution in [-0.4, -0.2) is 25.2 Å². The summed E-state index contributed by atoms with van der Waals surface area (Å²) in [4.78, 5) is 23.2. The van der Waals surface area contributed by atoms with E-state index in [0.717, 1.165) is 19.3 Å². The third-order valence-corrected chi connectivity index (χ3v) is 5.23. The molecule has 0 spiro atoms. The molecule has 0 aromatic rings. The number of carbonyl (C=O) groups excluding carboxylic acids is 2. The second-order valence-electron chi connectivity index (χ2n) is 8.72. The Morgan fingerprint density at radius 2 is 1.00 bits per heavy atom. The first-order valence-electron chi connectivity index (χ1n) is 12.4. The first-order valence-corrected chi connectivity index (χ1v) is 12.4. The molecular weight excluding hydrogens is 364 g/mol. The average Bonchev–Trinajstić information content (AvgIpc) is 2.68. The van der Waals surface area contributed by atoms with Crippen LogP contribution >= 0.6 is 0 Å². The van der Waals surface area contributed by atoms with Crippen molar-refractivity contribution in [3.05, 3.63) is 0 Å². The molecule has 0 bridgehead atoms. The molecule has 4 nitrogen and oxygen atoms in total. The van der Waals surface area contributed by atoms with Crippen LogP contribution in [0.5, 0.6) is 0 Å². The molecule has 172 valence electrons. The minimum absolute atomic E-state index is 0.138. The molecule has 0 radical (unpaired) electrons. The molecule has 0 fully saturated rings. The van der Waals surface area contributed by atoms with Gasteiger partial charge in [-0.2, -0.15) is 0 Å². The van der Waals surface area contributed by atoms with Crippen LogP contribution in [0.2, 0.25) is 0 Å². The van der Waals surface area contributed by atoms with Gasteiger partial charge in [0.2, 0.25) is 0 Å². The number of esters is 2. The van der Waals surface area contributed by atoms with Gasteiger partial charge in [-0.3, -0.25) is 9.59 Å². The molecule has 0 unspecified atom stereocenters. The Morgan fingerprint density at radius 3 is 1.45 bits per heavy atom. The standard InChI is InChI=1S/C25H48O4/c1-4-5-6-7-8-9-10-11-12-13-14-17-21-28-24(26)18-15-16-19-25(27)29-22-20-23(2)3/h23H,4-22H2,1-3H3. The van der Waals surface area contributed by atoms with Gasteiger partial charge in [-0.05, 0) is 31.6 Å². The lowest BCUT2D eigenvalue weighted by atomic mass is 10.1. The van der Waals surface area contributed by atoms with E-state index < -0.39 is 0 Å². The van der Waals surface area contributed by atoms with Crippen LogP contribution in [0.3, 0.4) is 0 Å². The van der Waals surface area contributed by atoms with Gasteiger partial charge >= 0.3 is 11.9 Å². The summed E-state index contributed by atoms with van der Waals surface area (Å²) in [6.07, 6.45) is 18.7. The summed E-state index contributed by atoms with van der Waals surface area (Å²) in [7, 11) is 0. The topological polar surface area (TPSA) is 52.6 Å². The van der Waals surface area contributed by atoms with Crippen molar-refractivity contribution < 1.29 is 19.1 Å². The Bertz CT molecular complexity index is 379. The van der Waals surface area contributed by atoms with E-state index in [4.69, 9.17) is 9.47 Å². The van der Waals surface area contributed by atoms with Gasteiger partial charge in [-0.25, -0.2) is 0 Å². The largest absolute Gasteiger partial charge is 0.466 e. The molecule has 0 aliphatic heterocycles. The fourth-order valence-electron chi connectivity index (χ4n) is 3.22. The molecule has 0 rings (SSSR count). The average molecular weight is 413 g/mol. The van der Waals surface area contributed by atoms with E-state index >= 15 is 0 Å². The summed E-state index contributed by atoms with van der Waals surface area (Å²) in [5.74, 6) is 0.249. The van der Waals surface area contributed by atoms with E-state index in [9.17, 15) is 9.59 Å². The van der Waals surface area contributed by atoms with Gasteiger partial charge in [-0.1, -0.05) is 91.4 Å². The Morgan fingerprint density at radius 1 is 0.586 bits per heavy atom. The highest BCUT2D eigenvalue weighted by molar-refractivity contribution is 5.70. The molecule has 0 aromatic heterocycles. The van der Waals surface area contributed by atoms with Crippen LogP contribution in [0, 0.1) is 5.92 Å². The number of rotatable bonds is 21. The zero-order valence-corrected chi connectivity index (χ0v) is 19.6. The van der Waals surface area contributed by atoms with Crippen molar-refractivity contribution in [2.75, 3.05) is 13.2 Å². The highest BCUT2D eigenvalue weighted by Gasteiger charge is 2.06. The third-order valence-electron chi connectivity index (χ3n) is 5.23. The van der Waals surface area contributed by atoms with E-state index in [1.54, 1.807) is 0 Å². The summed E-state index contributed by atoms with van der Waals surface area (Å²) in [6, 6.07) is 0. The highest BCUT2D eigenvalue weighted by atomic mass is 16.5. The molecule has 4 heteroatoms. The normalized spacial score (nSPS) is 11.0. The Kier molecular flexibility index (Phi) is 20.9. The van der Waals surface area contributed by atoms with E-state index in [1.165, 1.54) is 64.2 Å². The van der Waals surface area contributed by atoms with E-state index in [0.29, 0.717) is 44.8 Å². The van der Waals surface area contributed by atoms with Crippen molar-refractivity contribution in [2.45, 2.75) is 130 Å². The summed E-state index contributed by atoms with van der Waals surface area (Å²) >= 11 is 0. The van der Waals surface area contributed by atoms with Crippen LogP contribution in [-0.2, 0) is 19.1 Å². The predicted octanol–water partition coefficient (Wildman–Crippen LogP) is 7.38. The fourth-order valence-corrected chi connectivity index (χ4v) is 3.22. The van der Waals surface area contributed by atoms with Gasteiger partial charge in [0.25, 0.3) is 0 Å². The predicted molar refractivity (Wildman–Crippen MR) is 121 cm³/mol. The fraction of sp³-hybridized carbons (Fsp3) is 0.920. The summed E-state index contributed by atoms with van der Waals surface area (Å²) in [5.41, 5.74) is 0. The quantitative estimate of drug-likeness (QED) is 0.146. The van der Waals surface area contributed by atoms with Crippen molar-refractivity contribution >= 4 is 11.9 Å². The summed E-state index contributed by atoms with van der Waals surface area (Å²) < 4.78 is 10.4. The highest BCUT2D eigenvalue weighted by Crippen LogP contribution is 2.12. The third kappa shape index (κ3) is 23.1. The number of ether oxygens (including phenoxy) is 2. The summed E-state index contributed by atoms with van der Waals surface area (Å²) in [6.45, 7) is 7.51. The molecule has 0 saturated heterocycles. The molecule has 0 aromatic carbocycles. The zero-order chi connectivity index (χ0) is 21.6. The molecule has 0 N–H and O–H groups in total. The minimum atomic E-state index is -0.157. The first kappa shape index (κ1) is 27.9. The maximum Gasteiger partial charge on any atom is 0.305 e. The Hall–Kier alpha value is -1.06. The first-order chi connectivity index (χ1) is 14.1. The van der Waals surface area contributed by atoms with E-state index in [-0.39, 0.29) is 11.9 Å². The van der Waals surface area contributed by atoms with Crippen LogP contribution in [0.25, 0.3) is 0 Å². The molecule has 0 saturated carbocycles. The number of unbranched alkanes of at least 4 members (excludes halogenated alkanes) is 12. The smallest absolute Gasteiger partial charge is 0.305 e. The van der Waals surface area contributed by atoms with Crippen molar-refractivity contribution in [3.63, 3.8) is 0 Å². The number of carbonyl (C=O) groups is 2. The van der Waals surface area contributed by atoms with Gasteiger partial charge in [0.15, 0.2) is 0 Å². The zero-order valence-electron chi connectivity index (χ0n) is 19.6. The van der Waals surface area contributed by atoms with Gasteiger partial charge < -0.3 is 9.47 Å². The van der Waals surface area contributed by atoms with Gasteiger partial charge in [-0.15, -0.1) is 0 Å². The van der Waals surface area contributed by atoms with Gasteiger partial charge in [0.1, 0.15) is 0 Å². The van der Waals surface area contributed by atoms with Crippen molar-refractivity contribution in [1.29, 1.82) is 0 Å². The monoisotopic (exact) mass is 412 g/mol. The minimum Gasteiger partial charge on any atom is -0.466 e. The molecule has 0 aliphatic rings. The van der Waals surface area contributed by atoms with Crippen molar-refractivity contribution in [2.24, 2.45) is 5.92 Å². The van der Waals surface area contributed by atoms with Crippen LogP contribution in [0.4, 0.5) is 0 Å². The Labute approximate surface area is 180 Å². The number of hydrogen-bond donors (Lipinski definition) is 0. The Balaban J connectivity index is 3.27. The van der Waals surface area contributed by atoms with Crippen molar-refractivity contribution in [3.8, 4) is 0 Å². The molecular formula is C25H48O4. The second kappa shape index (κ2) is 21.6. The maximum atomic E-state index is 11.7. The molecule has 0 amide bonds. The summed E-state index contributed by atoms with van der Waals surface area (Å²) in [5, 5.41) is 0. The van der Waals surface area contributed by atoms with E-state index in [2.05, 4.69) is 20.8 Å². The molecule has 29 heavy (non-hydrogen) atoms. The van der Waals surface area contributed by atoms with Crippen molar-refractivity contribution in [1.82, 2.24) is 0 Å². The molecule has 0 heterocycles. The van der Waals surface area contributed by atoms with Crippen LogP contribution in [0.1, 0.15) is 130 Å². The van der Waals surface area contributed by atoms with E-state index in [1.807, 2.05) is 0 Å². The van der Waals surface area contributed by atoms with Crippen LogP contribution < -0.4 is 0 Å². The lowest BCUT2D eigenvalue weighted by molar-refractivity contribution is -0.146. The number of hydrogen-bond acceptors (Lipinski definition) is 4. The van der Waals surface area contributed by atoms with Crippen LogP contribution in [0.15, 0.2) is 0 Å². The lowest BCUT2D eigenvalue weighted by Gasteiger charge is -2.07.